The van der Waals surface area contributed by atoms with Gasteiger partial charge in [-0.1, -0.05) is 42.5 Å². The van der Waals surface area contributed by atoms with E-state index in [0.29, 0.717) is 23.7 Å². The first-order valence-electron chi connectivity index (χ1n) is 11.7. The van der Waals surface area contributed by atoms with Crippen LogP contribution in [0.15, 0.2) is 85.3 Å². The molecule has 0 saturated heterocycles. The first kappa shape index (κ1) is 24.6. The number of hydrogen-bond donors (Lipinski definition) is 2. The third-order valence-electron chi connectivity index (χ3n) is 5.74. The smallest absolute Gasteiger partial charge is 0.247 e. The molecule has 0 aliphatic rings. The van der Waals surface area contributed by atoms with Crippen molar-refractivity contribution in [1.29, 1.82) is 5.26 Å². The third kappa shape index (κ3) is 6.56. The minimum atomic E-state index is -0.548. The van der Waals surface area contributed by atoms with Crippen molar-refractivity contribution in [2.75, 3.05) is 11.9 Å². The van der Waals surface area contributed by atoms with Gasteiger partial charge in [0.1, 0.15) is 23.7 Å². The zero-order valence-electron chi connectivity index (χ0n) is 20.3. The first-order valence-corrected chi connectivity index (χ1v) is 11.7. The fourth-order valence-corrected chi connectivity index (χ4v) is 3.76. The molecule has 2 N–H and O–H groups in total. The standard InChI is InChI=1S/C28H28N6O2/c1-20(24-17-32-34(2)19-24)36-25-12-13-26(31-18-25)33-28(35)27(23-6-4-3-5-7-23)30-15-14-21-8-10-22(16-29)11-9-21/h3-13,17-20,27,30H,14-15H2,1-2H3,(H,31,33,35). The monoisotopic (exact) mass is 480 g/mol. The largest absolute Gasteiger partial charge is 0.484 e. The van der Waals surface area contributed by atoms with Crippen molar-refractivity contribution in [3.8, 4) is 11.8 Å². The molecule has 0 saturated carbocycles. The summed E-state index contributed by atoms with van der Waals surface area (Å²) in [5, 5.41) is 19.4. The molecular formula is C28H28N6O2. The number of carbonyl (C=O) groups is 1. The van der Waals surface area contributed by atoms with Crippen molar-refractivity contribution in [3.63, 3.8) is 0 Å². The highest BCUT2D eigenvalue weighted by Gasteiger charge is 2.20. The lowest BCUT2D eigenvalue weighted by Crippen LogP contribution is -2.34. The van der Waals surface area contributed by atoms with E-state index in [4.69, 9.17) is 10.00 Å². The molecular weight excluding hydrogens is 452 g/mol. The fourth-order valence-electron chi connectivity index (χ4n) is 3.76. The van der Waals surface area contributed by atoms with Crippen LogP contribution in [0.4, 0.5) is 5.82 Å². The Hall–Kier alpha value is -4.48. The maximum atomic E-state index is 13.2. The Labute approximate surface area is 210 Å². The van der Waals surface area contributed by atoms with Crippen molar-refractivity contribution < 1.29 is 9.53 Å². The molecule has 1 amide bonds. The number of nitrogens with zero attached hydrogens (tertiary/aromatic N) is 4. The Morgan fingerprint density at radius 1 is 1.06 bits per heavy atom. The van der Waals surface area contributed by atoms with E-state index in [1.54, 1.807) is 41.3 Å². The van der Waals surface area contributed by atoms with Gasteiger partial charge in [-0.25, -0.2) is 4.98 Å². The van der Waals surface area contributed by atoms with Crippen molar-refractivity contribution in [2.45, 2.75) is 25.5 Å². The number of amides is 1. The summed E-state index contributed by atoms with van der Waals surface area (Å²) in [5.74, 6) is 0.839. The Balaban J connectivity index is 1.37. The zero-order valence-corrected chi connectivity index (χ0v) is 20.3. The molecule has 2 heterocycles. The van der Waals surface area contributed by atoms with Gasteiger partial charge in [0.15, 0.2) is 0 Å². The summed E-state index contributed by atoms with van der Waals surface area (Å²) in [6, 6.07) is 22.1. The Kier molecular flexibility index (Phi) is 8.06. The van der Waals surface area contributed by atoms with Gasteiger partial charge in [-0.05, 0) is 48.7 Å². The molecule has 182 valence electrons. The highest BCUT2D eigenvalue weighted by molar-refractivity contribution is 5.94. The van der Waals surface area contributed by atoms with E-state index in [-0.39, 0.29) is 12.0 Å². The van der Waals surface area contributed by atoms with Crippen LogP contribution in [0, 0.1) is 11.3 Å². The highest BCUT2D eigenvalue weighted by Crippen LogP contribution is 2.22. The number of pyridine rings is 1. The number of hydrogen-bond acceptors (Lipinski definition) is 6. The molecule has 2 atom stereocenters. The van der Waals surface area contributed by atoms with Crippen LogP contribution in [-0.2, 0) is 18.3 Å². The molecule has 0 aliphatic carbocycles. The van der Waals surface area contributed by atoms with Crippen LogP contribution in [-0.4, -0.2) is 27.2 Å². The predicted octanol–water partition coefficient (Wildman–Crippen LogP) is 4.34. The molecule has 0 radical (unpaired) electrons. The van der Waals surface area contributed by atoms with Gasteiger partial charge in [0.05, 0.1) is 24.0 Å². The van der Waals surface area contributed by atoms with Crippen LogP contribution in [0.1, 0.15) is 41.3 Å². The molecule has 36 heavy (non-hydrogen) atoms. The summed E-state index contributed by atoms with van der Waals surface area (Å²) < 4.78 is 7.67. The van der Waals surface area contributed by atoms with Gasteiger partial charge in [-0.3, -0.25) is 9.48 Å². The number of rotatable bonds is 10. The van der Waals surface area contributed by atoms with Crippen molar-refractivity contribution in [1.82, 2.24) is 20.1 Å². The third-order valence-corrected chi connectivity index (χ3v) is 5.74. The molecule has 0 spiro atoms. The van der Waals surface area contributed by atoms with E-state index >= 15 is 0 Å². The molecule has 0 bridgehead atoms. The summed E-state index contributed by atoms with van der Waals surface area (Å²) >= 11 is 0. The van der Waals surface area contributed by atoms with Gasteiger partial charge in [-0.15, -0.1) is 0 Å². The van der Waals surface area contributed by atoms with Crippen molar-refractivity contribution in [3.05, 3.63) is 108 Å². The van der Waals surface area contributed by atoms with Crippen LogP contribution in [0.25, 0.3) is 0 Å². The predicted molar refractivity (Wildman–Crippen MR) is 137 cm³/mol. The number of benzene rings is 2. The van der Waals surface area contributed by atoms with Crippen molar-refractivity contribution >= 4 is 11.7 Å². The first-order chi connectivity index (χ1) is 17.5. The van der Waals surface area contributed by atoms with Crippen LogP contribution in [0.2, 0.25) is 0 Å². The van der Waals surface area contributed by atoms with Gasteiger partial charge in [-0.2, -0.15) is 10.4 Å². The van der Waals surface area contributed by atoms with E-state index in [2.05, 4.69) is 26.8 Å². The summed E-state index contributed by atoms with van der Waals surface area (Å²) in [6.45, 7) is 2.53. The van der Waals surface area contributed by atoms with Gasteiger partial charge in [0.25, 0.3) is 0 Å². The summed E-state index contributed by atoms with van der Waals surface area (Å²) in [7, 11) is 1.86. The minimum absolute atomic E-state index is 0.177. The summed E-state index contributed by atoms with van der Waals surface area (Å²) in [5.41, 5.74) is 3.54. The lowest BCUT2D eigenvalue weighted by molar-refractivity contribution is -0.118. The lowest BCUT2D eigenvalue weighted by atomic mass is 10.1. The maximum Gasteiger partial charge on any atom is 0.247 e. The summed E-state index contributed by atoms with van der Waals surface area (Å²) in [6.07, 6.45) is 5.82. The number of anilines is 1. The molecule has 8 heteroatoms. The molecule has 8 nitrogen and oxygen atoms in total. The number of carbonyl (C=O) groups excluding carboxylic acids is 1. The molecule has 0 aliphatic heterocycles. The molecule has 0 fully saturated rings. The Morgan fingerprint density at radius 2 is 1.83 bits per heavy atom. The number of aryl methyl sites for hydroxylation is 1. The van der Waals surface area contributed by atoms with E-state index in [0.717, 1.165) is 23.1 Å². The Bertz CT molecular complexity index is 1310. The fraction of sp³-hybridized carbons (Fsp3) is 0.214. The quantitative estimate of drug-likeness (QED) is 0.350. The number of nitrogens with one attached hydrogen (secondary N) is 2. The van der Waals surface area contributed by atoms with E-state index in [1.165, 1.54) is 0 Å². The minimum Gasteiger partial charge on any atom is -0.484 e. The van der Waals surface area contributed by atoms with E-state index < -0.39 is 6.04 Å². The summed E-state index contributed by atoms with van der Waals surface area (Å²) in [4.78, 5) is 17.6. The second-order valence-corrected chi connectivity index (χ2v) is 8.43. The molecule has 4 aromatic rings. The number of ether oxygens (including phenoxy) is 1. The van der Waals surface area contributed by atoms with E-state index in [1.807, 2.05) is 62.6 Å². The van der Waals surface area contributed by atoms with Crippen LogP contribution in [0.3, 0.4) is 0 Å². The van der Waals surface area contributed by atoms with E-state index in [9.17, 15) is 4.79 Å². The van der Waals surface area contributed by atoms with Gasteiger partial charge >= 0.3 is 0 Å². The average Bonchev–Trinajstić information content (AvgIpc) is 3.35. The molecule has 2 aromatic carbocycles. The SMILES string of the molecule is CC(Oc1ccc(NC(=O)C(NCCc2ccc(C#N)cc2)c2ccccc2)nc1)c1cnn(C)c1. The second-order valence-electron chi connectivity index (χ2n) is 8.43. The van der Waals surface area contributed by atoms with Crippen LogP contribution in [0.5, 0.6) is 5.75 Å². The maximum absolute atomic E-state index is 13.2. The van der Waals surface area contributed by atoms with Crippen LogP contribution < -0.4 is 15.4 Å². The zero-order chi connectivity index (χ0) is 25.3. The average molecular weight is 481 g/mol. The highest BCUT2D eigenvalue weighted by atomic mass is 16.5. The molecule has 2 aromatic heterocycles. The number of aromatic nitrogens is 3. The second kappa shape index (κ2) is 11.8. The Morgan fingerprint density at radius 3 is 2.47 bits per heavy atom. The topological polar surface area (TPSA) is 105 Å². The normalized spacial score (nSPS) is 12.4. The lowest BCUT2D eigenvalue weighted by Gasteiger charge is -2.19. The molecule has 2 unspecified atom stereocenters. The van der Waals surface area contributed by atoms with Gasteiger partial charge in [0.2, 0.25) is 5.91 Å². The molecule has 4 rings (SSSR count). The number of nitriles is 1. The van der Waals surface area contributed by atoms with Crippen LogP contribution >= 0.6 is 0 Å². The van der Waals surface area contributed by atoms with Crippen molar-refractivity contribution in [2.24, 2.45) is 7.05 Å². The van der Waals surface area contributed by atoms with Gasteiger partial charge in [0, 0.05) is 25.4 Å². The van der Waals surface area contributed by atoms with Gasteiger partial charge < -0.3 is 15.4 Å².